The number of nitrogens with zero attached hydrogens (tertiary/aromatic N) is 1. The zero-order chi connectivity index (χ0) is 21.0. The number of carbonyl (C=O) groups is 1. The molecule has 2 aliphatic heterocycles. The van der Waals surface area contributed by atoms with E-state index in [9.17, 15) is 26.7 Å². The number of fused-ring (bicyclic) bond motifs is 2. The van der Waals surface area contributed by atoms with Gasteiger partial charge in [-0.05, 0) is 18.2 Å². The number of aliphatic hydroxyl groups is 1. The largest absolute Gasteiger partial charge is 0.511 e. The monoisotopic (exact) mass is 460 g/mol. The first-order valence-corrected chi connectivity index (χ1v) is 13.2. The highest BCUT2D eigenvalue weighted by Crippen LogP contribution is 2.39. The van der Waals surface area contributed by atoms with Crippen LogP contribution in [0.3, 0.4) is 0 Å². The summed E-state index contributed by atoms with van der Waals surface area (Å²) in [7, 11) is -7.70. The van der Waals surface area contributed by atoms with Crippen molar-refractivity contribution in [2.75, 3.05) is 11.6 Å². The third-order valence-electron chi connectivity index (χ3n) is 5.20. The second-order valence-electron chi connectivity index (χ2n) is 7.28. The Morgan fingerprint density at radius 3 is 2.79 bits per heavy atom. The maximum absolute atomic E-state index is 12.8. The summed E-state index contributed by atoms with van der Waals surface area (Å²) >= 11 is 1.06. The van der Waals surface area contributed by atoms with Crippen LogP contribution in [0.25, 0.3) is 0 Å². The fraction of sp³-hybridized carbons (Fsp3) is 0.500. The van der Waals surface area contributed by atoms with Gasteiger partial charge in [0.15, 0.2) is 5.84 Å². The van der Waals surface area contributed by atoms with Gasteiger partial charge in [0.05, 0.1) is 6.26 Å². The molecule has 3 aliphatic rings. The van der Waals surface area contributed by atoms with Crippen LogP contribution in [0.5, 0.6) is 0 Å². The van der Waals surface area contributed by atoms with Gasteiger partial charge in [-0.25, -0.2) is 13.1 Å². The predicted octanol–water partition coefficient (Wildman–Crippen LogP) is 0.811. The highest BCUT2D eigenvalue weighted by Gasteiger charge is 2.41. The minimum absolute atomic E-state index is 0.130. The molecular weight excluding hydrogens is 440 g/mol. The Morgan fingerprint density at radius 2 is 2.07 bits per heavy atom. The summed E-state index contributed by atoms with van der Waals surface area (Å²) in [6, 6.07) is -0.160. The summed E-state index contributed by atoms with van der Waals surface area (Å²) < 4.78 is 54.2. The molecule has 4 N–H and O–H groups in total. The van der Waals surface area contributed by atoms with Gasteiger partial charge in [0.25, 0.3) is 15.9 Å². The molecule has 2 unspecified atom stereocenters. The number of rotatable bonds is 4. The van der Waals surface area contributed by atoms with E-state index in [1.165, 1.54) is 5.38 Å². The highest BCUT2D eigenvalue weighted by atomic mass is 32.2. The molecule has 3 heterocycles. The first-order chi connectivity index (χ1) is 13.6. The van der Waals surface area contributed by atoms with Crippen LogP contribution in [0.1, 0.15) is 31.2 Å². The van der Waals surface area contributed by atoms with Crippen molar-refractivity contribution < 1.29 is 26.7 Å². The fourth-order valence-electron chi connectivity index (χ4n) is 3.89. The predicted molar refractivity (Wildman–Crippen MR) is 108 cm³/mol. The van der Waals surface area contributed by atoms with Gasteiger partial charge in [-0.15, -0.1) is 15.7 Å². The zero-order valence-corrected chi connectivity index (χ0v) is 17.9. The quantitative estimate of drug-likeness (QED) is 0.518. The zero-order valence-electron chi connectivity index (χ0n) is 15.4. The number of amidine groups is 1. The van der Waals surface area contributed by atoms with Gasteiger partial charge < -0.3 is 15.7 Å². The Morgan fingerprint density at radius 1 is 1.34 bits per heavy atom. The van der Waals surface area contributed by atoms with E-state index in [1.807, 2.05) is 0 Å². The Kier molecular flexibility index (Phi) is 4.96. The number of hydrogen-bond donors (Lipinski definition) is 4. The van der Waals surface area contributed by atoms with Crippen LogP contribution >= 0.6 is 11.3 Å². The smallest absolute Gasteiger partial charge is 0.287 e. The first-order valence-electron chi connectivity index (χ1n) is 8.98. The van der Waals surface area contributed by atoms with Gasteiger partial charge in [0, 0.05) is 24.1 Å². The molecule has 1 aliphatic carbocycles. The lowest BCUT2D eigenvalue weighted by molar-refractivity contribution is -0.119. The molecule has 1 aromatic rings. The lowest BCUT2D eigenvalue weighted by Crippen LogP contribution is -2.50. The maximum Gasteiger partial charge on any atom is 0.287 e. The Labute approximate surface area is 172 Å². The van der Waals surface area contributed by atoms with Crippen LogP contribution in [0, 0.1) is 5.92 Å². The normalized spacial score (nSPS) is 26.1. The van der Waals surface area contributed by atoms with Crippen LogP contribution in [0.4, 0.5) is 5.00 Å². The molecule has 1 fully saturated rings. The van der Waals surface area contributed by atoms with E-state index in [1.54, 1.807) is 0 Å². The number of thiophene rings is 1. The van der Waals surface area contributed by atoms with Crippen molar-refractivity contribution in [3.63, 3.8) is 0 Å². The Bertz CT molecular complexity index is 1150. The molecule has 0 bridgehead atoms. The van der Waals surface area contributed by atoms with Crippen LogP contribution in [0.15, 0.2) is 26.0 Å². The van der Waals surface area contributed by atoms with Gasteiger partial charge in [0.1, 0.15) is 21.2 Å². The minimum atomic E-state index is -4.20. The molecule has 158 valence electrons. The van der Waals surface area contributed by atoms with Crippen molar-refractivity contribution >= 4 is 48.1 Å². The van der Waals surface area contributed by atoms with Crippen molar-refractivity contribution in [1.82, 2.24) is 10.0 Å². The molecule has 0 spiro atoms. The second-order valence-corrected chi connectivity index (χ2v) is 11.5. The Balaban J connectivity index is 1.71. The molecular formula is C16H20N4O6S3. The molecule has 1 saturated carbocycles. The van der Waals surface area contributed by atoms with Crippen molar-refractivity contribution in [2.45, 2.75) is 43.2 Å². The van der Waals surface area contributed by atoms with Crippen LogP contribution in [-0.4, -0.2) is 46.0 Å². The van der Waals surface area contributed by atoms with Gasteiger partial charge in [-0.1, -0.05) is 12.8 Å². The summed E-state index contributed by atoms with van der Waals surface area (Å²) in [5.41, 5.74) is 0.0935. The van der Waals surface area contributed by atoms with Crippen LogP contribution in [0.2, 0.25) is 0 Å². The Hall–Kier alpha value is -1.96. The summed E-state index contributed by atoms with van der Waals surface area (Å²) in [4.78, 5) is 12.5. The van der Waals surface area contributed by atoms with Crippen molar-refractivity contribution in [3.05, 3.63) is 22.3 Å². The molecule has 10 nitrogen and oxygen atoms in total. The average molecular weight is 461 g/mol. The van der Waals surface area contributed by atoms with E-state index in [0.717, 1.165) is 36.9 Å². The van der Waals surface area contributed by atoms with Gasteiger partial charge in [-0.2, -0.15) is 8.42 Å². The third kappa shape index (κ3) is 3.79. The standard InChI is InChI=1S/C16H20N4O6S3/c1-28(23,24)17-6-8-7-27-16-13(8)29(25,26)20-14(19-16)11-12(21)9-4-2-3-5-10(9)18-15(11)22/h7,9-10,17,21H,2-6H2,1H3,(H,18,22)(H,19,20). The fourth-order valence-corrected chi connectivity index (χ4v) is 6.91. The first kappa shape index (κ1) is 20.3. The number of nitrogens with one attached hydrogen (secondary N) is 3. The van der Waals surface area contributed by atoms with E-state index in [-0.39, 0.29) is 51.1 Å². The SMILES string of the molecule is CS(=O)(=O)NCc1csc2c1S(=O)(=O)N=C(C1=C(O)C3CCCCC3NC1=O)N2. The van der Waals surface area contributed by atoms with Crippen LogP contribution in [-0.2, 0) is 31.4 Å². The molecule has 29 heavy (non-hydrogen) atoms. The highest BCUT2D eigenvalue weighted by molar-refractivity contribution is 7.91. The van der Waals surface area contributed by atoms with Crippen LogP contribution < -0.4 is 15.4 Å². The van der Waals surface area contributed by atoms with Crippen molar-refractivity contribution in [3.8, 4) is 0 Å². The average Bonchev–Trinajstić information content (AvgIpc) is 3.03. The lowest BCUT2D eigenvalue weighted by atomic mass is 9.79. The molecule has 2 atom stereocenters. The molecule has 4 rings (SSSR count). The van der Waals surface area contributed by atoms with E-state index < -0.39 is 26.0 Å². The molecule has 0 aromatic carbocycles. The number of anilines is 1. The lowest BCUT2D eigenvalue weighted by Gasteiger charge is -2.36. The van der Waals surface area contributed by atoms with E-state index in [4.69, 9.17) is 0 Å². The summed E-state index contributed by atoms with van der Waals surface area (Å²) in [5, 5.41) is 18.1. The van der Waals surface area contributed by atoms with Crippen molar-refractivity contribution in [2.24, 2.45) is 10.3 Å². The van der Waals surface area contributed by atoms with Crippen molar-refractivity contribution in [1.29, 1.82) is 0 Å². The second kappa shape index (κ2) is 7.07. The van der Waals surface area contributed by atoms with E-state index >= 15 is 0 Å². The number of carbonyl (C=O) groups excluding carboxylic acids is 1. The molecule has 1 aromatic heterocycles. The summed E-state index contributed by atoms with van der Waals surface area (Å²) in [5.74, 6) is -1.19. The molecule has 0 radical (unpaired) electrons. The summed E-state index contributed by atoms with van der Waals surface area (Å²) in [6.07, 6.45) is 4.31. The third-order valence-corrected chi connectivity index (χ3v) is 8.34. The molecule has 13 heteroatoms. The number of hydrogen-bond acceptors (Lipinski definition) is 8. The maximum atomic E-state index is 12.8. The number of sulfonamides is 2. The van der Waals surface area contributed by atoms with E-state index in [0.29, 0.717) is 6.42 Å². The minimum Gasteiger partial charge on any atom is -0.511 e. The van der Waals surface area contributed by atoms with Gasteiger partial charge in [0.2, 0.25) is 10.0 Å². The number of aliphatic hydroxyl groups excluding tert-OH is 1. The molecule has 0 saturated heterocycles. The summed E-state index contributed by atoms with van der Waals surface area (Å²) in [6.45, 7) is -0.200. The molecule has 1 amide bonds. The van der Waals surface area contributed by atoms with E-state index in [2.05, 4.69) is 19.8 Å². The van der Waals surface area contributed by atoms with Gasteiger partial charge in [-0.3, -0.25) is 4.79 Å². The number of amides is 1. The topological polar surface area (TPSA) is 154 Å². The van der Waals surface area contributed by atoms with Gasteiger partial charge >= 0.3 is 0 Å².